The van der Waals surface area contributed by atoms with Gasteiger partial charge in [-0.2, -0.15) is 0 Å². The Labute approximate surface area is 293 Å². The van der Waals surface area contributed by atoms with Gasteiger partial charge in [-0.3, -0.25) is 0 Å². The topological polar surface area (TPSA) is 130 Å². The maximum absolute atomic E-state index is 13.4. The summed E-state index contributed by atoms with van der Waals surface area (Å²) >= 11 is 6.40. The Bertz CT molecular complexity index is 1840. The highest BCUT2D eigenvalue weighted by Crippen LogP contribution is 2.47. The summed E-state index contributed by atoms with van der Waals surface area (Å²) in [7, 11) is -3.66. The van der Waals surface area contributed by atoms with Crippen molar-refractivity contribution in [2.24, 2.45) is 23.7 Å². The number of allylic oxidation sites excluding steroid dienone is 1. The first kappa shape index (κ1) is 34.0. The summed E-state index contributed by atoms with van der Waals surface area (Å²) in [6.07, 6.45) is 13.2. The molecule has 2 unspecified atom stereocenters. The zero-order chi connectivity index (χ0) is 34.3. The monoisotopic (exact) mass is 705 g/mol. The first-order valence-electron chi connectivity index (χ1n) is 17.5. The molecule has 49 heavy (non-hydrogen) atoms. The van der Waals surface area contributed by atoms with E-state index in [-0.39, 0.29) is 39.8 Å². The number of rotatable bonds is 8. The molecule has 1 aromatic heterocycles. The molecule has 7 rings (SSSR count). The van der Waals surface area contributed by atoms with Crippen molar-refractivity contribution in [2.45, 2.75) is 80.2 Å². The summed E-state index contributed by atoms with van der Waals surface area (Å²) in [6, 6.07) is 12.8. The smallest absolute Gasteiger partial charge is 0.335 e. The van der Waals surface area contributed by atoms with Crippen LogP contribution in [0, 0.1) is 23.7 Å². The van der Waals surface area contributed by atoms with Crippen molar-refractivity contribution in [1.29, 1.82) is 0 Å². The second kappa shape index (κ2) is 13.7. The highest BCUT2D eigenvalue weighted by Gasteiger charge is 2.45. The number of ether oxygens (including phenoxy) is 1. The van der Waals surface area contributed by atoms with E-state index < -0.39 is 27.2 Å². The predicted octanol–water partition coefficient (Wildman–Crippen LogP) is 6.52. The summed E-state index contributed by atoms with van der Waals surface area (Å²) in [5, 5.41) is 21.4. The Kier molecular flexibility index (Phi) is 9.49. The minimum Gasteiger partial charge on any atom is -0.490 e. The number of hydrogen-bond acceptors (Lipinski definition) is 8. The molecule has 2 N–H and O–H groups in total. The number of carboxylic acids is 1. The average molecular weight is 706 g/mol. The molecule has 3 aliphatic carbocycles. The van der Waals surface area contributed by atoms with E-state index in [0.29, 0.717) is 31.9 Å². The van der Waals surface area contributed by atoms with Crippen LogP contribution in [-0.4, -0.2) is 65.6 Å². The number of aromatic carboxylic acids is 1. The molecular formula is C38H44ClN3O6S. The van der Waals surface area contributed by atoms with Gasteiger partial charge in [0.15, 0.2) is 0 Å². The number of fused-ring (bicyclic) bond motifs is 3. The molecule has 2 aromatic carbocycles. The molecule has 0 saturated heterocycles. The standard InChI is InChI=1S/C38H44ClN3O6S/c1-24-25(5-2-7-35(24)49(46,47)37-40-17-4-18-41-37)9-14-33(43)30-12-8-28(30)21-42-22-38(16-3-6-26-19-29(39)11-13-31(26)38)23-48-34-15-10-27(36(44)45)20-32(34)42/h4,9-11,13-15,17-20,24-25,28,30,33,35,43H,2-3,5-8,12,16,21-23H2,1H3,(H,44,45)/b14-9+/t24-,25-,28-,30+,33?,35+,38?/m0/s1. The molecule has 260 valence electrons. The van der Waals surface area contributed by atoms with Crippen molar-refractivity contribution in [1.82, 2.24) is 9.97 Å². The van der Waals surface area contributed by atoms with E-state index in [1.54, 1.807) is 24.3 Å². The van der Waals surface area contributed by atoms with Crippen LogP contribution in [0.4, 0.5) is 5.69 Å². The molecule has 3 aromatic rings. The van der Waals surface area contributed by atoms with E-state index in [0.717, 1.165) is 55.7 Å². The fourth-order valence-electron chi connectivity index (χ4n) is 8.83. The molecular weight excluding hydrogens is 662 g/mol. The van der Waals surface area contributed by atoms with Crippen molar-refractivity contribution in [3.05, 3.63) is 88.7 Å². The maximum Gasteiger partial charge on any atom is 0.335 e. The Morgan fingerprint density at radius 3 is 2.69 bits per heavy atom. The summed E-state index contributed by atoms with van der Waals surface area (Å²) in [5.41, 5.74) is 3.20. The Balaban J connectivity index is 1.10. The lowest BCUT2D eigenvalue weighted by atomic mass is 9.68. The molecule has 0 radical (unpaired) electrons. The summed E-state index contributed by atoms with van der Waals surface area (Å²) in [5.74, 6) is -0.188. The van der Waals surface area contributed by atoms with E-state index >= 15 is 0 Å². The van der Waals surface area contributed by atoms with Crippen molar-refractivity contribution in [2.75, 3.05) is 24.6 Å². The zero-order valence-corrected chi connectivity index (χ0v) is 29.3. The lowest BCUT2D eigenvalue weighted by molar-refractivity contribution is 0.0452. The molecule has 2 saturated carbocycles. The maximum atomic E-state index is 13.4. The van der Waals surface area contributed by atoms with E-state index in [2.05, 4.69) is 27.0 Å². The minimum atomic E-state index is -3.66. The van der Waals surface area contributed by atoms with Gasteiger partial charge in [-0.1, -0.05) is 43.2 Å². The number of aryl methyl sites for hydroxylation is 1. The van der Waals surface area contributed by atoms with Gasteiger partial charge in [0.2, 0.25) is 15.0 Å². The van der Waals surface area contributed by atoms with Crippen LogP contribution in [0.3, 0.4) is 0 Å². The van der Waals surface area contributed by atoms with Crippen molar-refractivity contribution in [3.63, 3.8) is 0 Å². The van der Waals surface area contributed by atoms with Gasteiger partial charge in [-0.25, -0.2) is 23.2 Å². The second-order valence-corrected chi connectivity index (χ2v) is 17.0. The largest absolute Gasteiger partial charge is 0.490 e. The van der Waals surface area contributed by atoms with Gasteiger partial charge in [-0.15, -0.1) is 0 Å². The number of hydrogen-bond donors (Lipinski definition) is 2. The van der Waals surface area contributed by atoms with Crippen LogP contribution in [0.2, 0.25) is 5.02 Å². The van der Waals surface area contributed by atoms with Gasteiger partial charge >= 0.3 is 5.97 Å². The van der Waals surface area contributed by atoms with Gasteiger partial charge in [0.25, 0.3) is 0 Å². The first-order chi connectivity index (χ1) is 23.6. The van der Waals surface area contributed by atoms with Gasteiger partial charge < -0.3 is 19.8 Å². The number of aliphatic hydroxyl groups is 1. The van der Waals surface area contributed by atoms with Crippen molar-refractivity contribution >= 4 is 33.1 Å². The number of carbonyl (C=O) groups is 1. The zero-order valence-electron chi connectivity index (χ0n) is 27.7. The van der Waals surface area contributed by atoms with Crippen LogP contribution in [0.25, 0.3) is 0 Å². The molecule has 2 fully saturated rings. The van der Waals surface area contributed by atoms with Gasteiger partial charge in [0.1, 0.15) is 5.75 Å². The van der Waals surface area contributed by atoms with Crippen molar-refractivity contribution in [3.8, 4) is 5.75 Å². The number of halogens is 1. The number of carboxylic acid groups (broad SMARTS) is 1. The third-order valence-corrected chi connectivity index (χ3v) is 14.1. The molecule has 0 amide bonds. The van der Waals surface area contributed by atoms with Crippen LogP contribution in [-0.2, 0) is 21.7 Å². The lowest BCUT2D eigenvalue weighted by Gasteiger charge is -2.45. The van der Waals surface area contributed by atoms with Gasteiger partial charge in [-0.05, 0) is 116 Å². The number of benzene rings is 2. The second-order valence-electron chi connectivity index (χ2n) is 14.5. The van der Waals surface area contributed by atoms with Crippen LogP contribution in [0.1, 0.15) is 73.4 Å². The SMILES string of the molecule is C[C@H]1[C@H](/C=C/C(O)[C@@H]2CC[C@H]2CN2CC3(CCCc4cc(Cl)ccc43)COc3ccc(C(=O)O)cc32)CCC[C@H]1S(=O)(=O)c1ncccn1. The number of aliphatic hydroxyl groups excluding tert-OH is 1. The molecule has 11 heteroatoms. The Hall–Kier alpha value is -3.47. The van der Waals surface area contributed by atoms with E-state index in [4.69, 9.17) is 16.3 Å². The molecule has 7 atom stereocenters. The molecule has 1 spiro atoms. The predicted molar refractivity (Wildman–Crippen MR) is 188 cm³/mol. The number of aromatic nitrogens is 2. The first-order valence-corrected chi connectivity index (χ1v) is 19.4. The summed E-state index contributed by atoms with van der Waals surface area (Å²) in [6.45, 7) is 3.81. The summed E-state index contributed by atoms with van der Waals surface area (Å²) in [4.78, 5) is 22.4. The van der Waals surface area contributed by atoms with E-state index in [1.807, 2.05) is 25.1 Å². The van der Waals surface area contributed by atoms with Gasteiger partial charge in [0, 0.05) is 35.9 Å². The molecule has 4 aliphatic rings. The normalized spacial score (nSPS) is 29.0. The Morgan fingerprint density at radius 2 is 1.94 bits per heavy atom. The minimum absolute atomic E-state index is 0.0224. The van der Waals surface area contributed by atoms with E-state index in [9.17, 15) is 23.4 Å². The van der Waals surface area contributed by atoms with E-state index in [1.165, 1.54) is 23.5 Å². The third-order valence-electron chi connectivity index (χ3n) is 11.7. The van der Waals surface area contributed by atoms with Gasteiger partial charge in [0.05, 0.1) is 29.2 Å². The molecule has 2 heterocycles. The molecule has 1 aliphatic heterocycles. The summed E-state index contributed by atoms with van der Waals surface area (Å²) < 4.78 is 33.3. The molecule has 0 bridgehead atoms. The van der Waals surface area contributed by atoms with Crippen LogP contribution >= 0.6 is 11.6 Å². The average Bonchev–Trinajstić information content (AvgIpc) is 3.23. The Morgan fingerprint density at radius 1 is 1.12 bits per heavy atom. The number of sulfone groups is 1. The van der Waals surface area contributed by atoms with Crippen LogP contribution in [0.15, 0.2) is 72.2 Å². The fourth-order valence-corrected chi connectivity index (χ4v) is 11.0. The fraction of sp³-hybridized carbons (Fsp3) is 0.500. The van der Waals surface area contributed by atoms with Crippen LogP contribution < -0.4 is 9.64 Å². The van der Waals surface area contributed by atoms with Crippen molar-refractivity contribution < 1.29 is 28.2 Å². The quantitative estimate of drug-likeness (QED) is 0.199. The molecule has 9 nitrogen and oxygen atoms in total. The third kappa shape index (κ3) is 6.59. The number of nitrogens with zero attached hydrogens (tertiary/aromatic N) is 3. The number of anilines is 1. The highest BCUT2D eigenvalue weighted by molar-refractivity contribution is 7.91. The van der Waals surface area contributed by atoms with Crippen LogP contribution in [0.5, 0.6) is 5.75 Å². The highest BCUT2D eigenvalue weighted by atomic mass is 35.5. The lowest BCUT2D eigenvalue weighted by Crippen LogP contribution is -2.49.